The molecule has 0 aromatic heterocycles. The highest BCUT2D eigenvalue weighted by Crippen LogP contribution is 2.48. The Bertz CT molecular complexity index is 1140. The van der Waals surface area contributed by atoms with E-state index < -0.39 is 70.1 Å². The van der Waals surface area contributed by atoms with E-state index in [1.54, 1.807) is 0 Å². The highest BCUT2D eigenvalue weighted by molar-refractivity contribution is 6.00. The molecule has 6 nitrogen and oxygen atoms in total. The summed E-state index contributed by atoms with van der Waals surface area (Å²) >= 11 is 0. The fourth-order valence-corrected chi connectivity index (χ4v) is 3.86. The number of dihydropyridines is 1. The van der Waals surface area contributed by atoms with E-state index in [4.69, 9.17) is 4.74 Å². The summed E-state index contributed by atoms with van der Waals surface area (Å²) in [5.74, 6) is -5.85. The third kappa shape index (κ3) is 4.62. The normalized spacial score (nSPS) is 19.3. The molecule has 1 fully saturated rings. The number of benzene rings is 1. The molecule has 182 valence electrons. The standard InChI is InChI=1S/C23H21F5N2O4/c1-11-15(21(32)34-10-22(2)6-7-22)18(17(20(31)33-3)14(8-24)30-11)16-13(25)5-4-12(9-29)19(16)23(26,27)28/h4-5,18,30H,6-8,10H2,1-3H3. The zero-order valence-corrected chi connectivity index (χ0v) is 18.5. The number of hydrogen-bond acceptors (Lipinski definition) is 6. The second kappa shape index (κ2) is 9.08. The van der Waals surface area contributed by atoms with Crippen LogP contribution in [0.2, 0.25) is 0 Å². The first-order chi connectivity index (χ1) is 15.9. The fraction of sp³-hybridized carbons (Fsp3) is 0.435. The van der Waals surface area contributed by atoms with Crippen LogP contribution in [-0.4, -0.2) is 32.3 Å². The van der Waals surface area contributed by atoms with Crippen LogP contribution < -0.4 is 5.32 Å². The molecule has 0 spiro atoms. The van der Waals surface area contributed by atoms with Crippen LogP contribution in [0.5, 0.6) is 0 Å². The second-order valence-electron chi connectivity index (χ2n) is 8.49. The average Bonchev–Trinajstić information content (AvgIpc) is 3.52. The van der Waals surface area contributed by atoms with Crippen LogP contribution in [0, 0.1) is 22.6 Å². The van der Waals surface area contributed by atoms with Crippen LogP contribution in [0.1, 0.15) is 49.3 Å². The molecule has 11 heteroatoms. The summed E-state index contributed by atoms with van der Waals surface area (Å²) in [5.41, 5.74) is -5.89. The molecule has 0 bridgehead atoms. The first-order valence-corrected chi connectivity index (χ1v) is 10.2. The molecule has 0 radical (unpaired) electrons. The Morgan fingerprint density at radius 2 is 1.88 bits per heavy atom. The molecule has 1 saturated carbocycles. The molecule has 1 aliphatic heterocycles. The number of alkyl halides is 4. The average molecular weight is 484 g/mol. The van der Waals surface area contributed by atoms with Gasteiger partial charge in [0.1, 0.15) is 12.5 Å². The van der Waals surface area contributed by atoms with Gasteiger partial charge in [-0.25, -0.2) is 18.4 Å². The van der Waals surface area contributed by atoms with E-state index in [0.29, 0.717) is 12.1 Å². The fourth-order valence-electron chi connectivity index (χ4n) is 3.86. The number of methoxy groups -OCH3 is 1. The maximum absolute atomic E-state index is 15.1. The minimum Gasteiger partial charge on any atom is -0.466 e. The number of esters is 2. The van der Waals surface area contributed by atoms with E-state index in [-0.39, 0.29) is 17.7 Å². The molecule has 1 aliphatic carbocycles. The number of allylic oxidation sites excluding steroid dienone is 2. The smallest absolute Gasteiger partial charge is 0.418 e. The molecule has 1 heterocycles. The molecular formula is C23H21F5N2O4. The Balaban J connectivity index is 2.32. The van der Waals surface area contributed by atoms with Crippen LogP contribution in [0.25, 0.3) is 0 Å². The van der Waals surface area contributed by atoms with Gasteiger partial charge in [0.15, 0.2) is 0 Å². The number of ether oxygens (including phenoxy) is 2. The van der Waals surface area contributed by atoms with Crippen LogP contribution in [0.4, 0.5) is 22.0 Å². The monoisotopic (exact) mass is 484 g/mol. The van der Waals surface area contributed by atoms with Gasteiger partial charge in [-0.1, -0.05) is 6.92 Å². The lowest BCUT2D eigenvalue weighted by atomic mass is 9.77. The predicted molar refractivity (Wildman–Crippen MR) is 108 cm³/mol. The van der Waals surface area contributed by atoms with E-state index in [1.165, 1.54) is 13.0 Å². The first-order valence-electron chi connectivity index (χ1n) is 10.2. The van der Waals surface area contributed by atoms with Crippen molar-refractivity contribution < 1.29 is 41.0 Å². The molecule has 1 N–H and O–H groups in total. The Morgan fingerprint density at radius 3 is 2.38 bits per heavy atom. The van der Waals surface area contributed by atoms with Crippen molar-refractivity contribution in [3.63, 3.8) is 0 Å². The van der Waals surface area contributed by atoms with Gasteiger partial charge in [-0.3, -0.25) is 0 Å². The number of nitriles is 1. The van der Waals surface area contributed by atoms with Crippen LogP contribution in [-0.2, 0) is 25.2 Å². The molecule has 3 rings (SSSR count). The van der Waals surface area contributed by atoms with Gasteiger partial charge in [0.25, 0.3) is 0 Å². The summed E-state index contributed by atoms with van der Waals surface area (Å²) in [5, 5.41) is 11.8. The Labute approximate surface area is 192 Å². The van der Waals surface area contributed by atoms with Gasteiger partial charge in [0.2, 0.25) is 0 Å². The molecule has 0 amide bonds. The lowest BCUT2D eigenvalue weighted by Gasteiger charge is -2.32. The summed E-state index contributed by atoms with van der Waals surface area (Å²) in [4.78, 5) is 25.7. The molecule has 1 unspecified atom stereocenters. The Hall–Kier alpha value is -3.42. The van der Waals surface area contributed by atoms with Gasteiger partial charge in [-0.05, 0) is 31.9 Å². The Morgan fingerprint density at radius 1 is 1.24 bits per heavy atom. The van der Waals surface area contributed by atoms with Crippen molar-refractivity contribution in [2.45, 2.75) is 38.8 Å². The van der Waals surface area contributed by atoms with Crippen molar-refractivity contribution in [2.75, 3.05) is 20.4 Å². The SMILES string of the molecule is COC(=O)C1=C(CF)NC(C)=C(C(=O)OCC2(C)CC2)C1c1c(F)ccc(C#N)c1C(F)(F)F. The molecule has 2 aliphatic rings. The first kappa shape index (κ1) is 25.2. The topological polar surface area (TPSA) is 88.4 Å². The summed E-state index contributed by atoms with van der Waals surface area (Å²) in [7, 11) is 0.909. The van der Waals surface area contributed by atoms with Crippen molar-refractivity contribution in [1.82, 2.24) is 5.32 Å². The highest BCUT2D eigenvalue weighted by atomic mass is 19.4. The zero-order chi connectivity index (χ0) is 25.4. The summed E-state index contributed by atoms with van der Waals surface area (Å²) in [6.45, 7) is 1.72. The number of carbonyl (C=O) groups is 2. The van der Waals surface area contributed by atoms with Crippen LogP contribution in [0.15, 0.2) is 34.7 Å². The van der Waals surface area contributed by atoms with Gasteiger partial charge >= 0.3 is 18.1 Å². The zero-order valence-electron chi connectivity index (χ0n) is 18.5. The molecular weight excluding hydrogens is 463 g/mol. The molecule has 0 saturated heterocycles. The molecule has 1 atom stereocenters. The third-order valence-electron chi connectivity index (χ3n) is 5.94. The maximum Gasteiger partial charge on any atom is 0.418 e. The summed E-state index contributed by atoms with van der Waals surface area (Å²) < 4.78 is 81.2. The van der Waals surface area contributed by atoms with E-state index in [1.807, 2.05) is 6.92 Å². The maximum atomic E-state index is 15.1. The summed E-state index contributed by atoms with van der Waals surface area (Å²) in [6.07, 6.45) is -3.69. The van der Waals surface area contributed by atoms with Crippen molar-refractivity contribution in [1.29, 1.82) is 5.26 Å². The van der Waals surface area contributed by atoms with E-state index in [2.05, 4.69) is 10.1 Å². The van der Waals surface area contributed by atoms with Gasteiger partial charge < -0.3 is 14.8 Å². The van der Waals surface area contributed by atoms with Gasteiger partial charge in [-0.15, -0.1) is 0 Å². The van der Waals surface area contributed by atoms with Crippen LogP contribution in [0.3, 0.4) is 0 Å². The second-order valence-corrected chi connectivity index (χ2v) is 8.49. The van der Waals surface area contributed by atoms with Crippen molar-refractivity contribution in [2.24, 2.45) is 5.41 Å². The molecule has 34 heavy (non-hydrogen) atoms. The number of hydrogen-bond donors (Lipinski definition) is 1. The number of nitrogens with one attached hydrogen (secondary N) is 1. The number of halogens is 5. The van der Waals surface area contributed by atoms with Gasteiger partial charge in [-0.2, -0.15) is 18.4 Å². The number of carbonyl (C=O) groups excluding carboxylic acids is 2. The molecule has 1 aromatic rings. The highest BCUT2D eigenvalue weighted by Gasteiger charge is 2.47. The van der Waals surface area contributed by atoms with Crippen LogP contribution >= 0.6 is 0 Å². The Kier molecular flexibility index (Phi) is 6.73. The minimum atomic E-state index is -5.24. The summed E-state index contributed by atoms with van der Waals surface area (Å²) in [6, 6.07) is 2.63. The van der Waals surface area contributed by atoms with Gasteiger partial charge in [0.05, 0.1) is 53.7 Å². The van der Waals surface area contributed by atoms with Crippen molar-refractivity contribution >= 4 is 11.9 Å². The predicted octanol–water partition coefficient (Wildman–Crippen LogP) is 4.42. The van der Waals surface area contributed by atoms with Gasteiger partial charge in [0, 0.05) is 16.7 Å². The van der Waals surface area contributed by atoms with E-state index in [9.17, 15) is 32.4 Å². The number of nitrogens with zero attached hydrogens (tertiary/aromatic N) is 1. The molecule has 1 aromatic carbocycles. The van der Waals surface area contributed by atoms with E-state index >= 15 is 4.39 Å². The van der Waals surface area contributed by atoms with Crippen molar-refractivity contribution in [3.05, 3.63) is 57.2 Å². The quantitative estimate of drug-likeness (QED) is 0.475. The lowest BCUT2D eigenvalue weighted by molar-refractivity contribution is -0.142. The third-order valence-corrected chi connectivity index (χ3v) is 5.94. The lowest BCUT2D eigenvalue weighted by Crippen LogP contribution is -2.35. The van der Waals surface area contributed by atoms with E-state index in [0.717, 1.165) is 20.0 Å². The minimum absolute atomic E-state index is 0.0462. The number of rotatable bonds is 6. The van der Waals surface area contributed by atoms with Crippen molar-refractivity contribution in [3.8, 4) is 6.07 Å². The largest absolute Gasteiger partial charge is 0.466 e.